The van der Waals surface area contributed by atoms with Gasteiger partial charge in [0.1, 0.15) is 11.5 Å². The zero-order chi connectivity index (χ0) is 16.6. The monoisotopic (exact) mass is 313 g/mol. The Labute approximate surface area is 134 Å². The Hall–Kier alpha value is -2.56. The number of carbonyl (C=O) groups excluding carboxylic acids is 2. The third-order valence-corrected chi connectivity index (χ3v) is 4.25. The van der Waals surface area contributed by atoms with Gasteiger partial charge >= 0.3 is 0 Å². The van der Waals surface area contributed by atoms with Crippen molar-refractivity contribution in [1.29, 1.82) is 0 Å². The summed E-state index contributed by atoms with van der Waals surface area (Å²) in [6.45, 7) is 2.02. The van der Waals surface area contributed by atoms with Gasteiger partial charge in [0.2, 0.25) is 0 Å². The molecule has 0 aliphatic heterocycles. The number of phenols is 1. The predicted octanol–water partition coefficient (Wildman–Crippen LogP) is 3.08. The van der Waals surface area contributed by atoms with Crippen molar-refractivity contribution in [3.8, 4) is 5.75 Å². The summed E-state index contributed by atoms with van der Waals surface area (Å²) >= 11 is 0. The van der Waals surface area contributed by atoms with Crippen molar-refractivity contribution < 1.29 is 19.1 Å². The quantitative estimate of drug-likeness (QED) is 0.945. The number of Topliss-reactive ketones (excluding diaryl/α,β-unsaturated/α-hetero) is 1. The summed E-state index contributed by atoms with van der Waals surface area (Å²) in [4.78, 5) is 26.2. The number of ketones is 1. The highest BCUT2D eigenvalue weighted by Gasteiger charge is 2.30. The maximum Gasteiger partial charge on any atom is 0.289 e. The zero-order valence-corrected chi connectivity index (χ0v) is 13.3. The highest BCUT2D eigenvalue weighted by Crippen LogP contribution is 2.30. The van der Waals surface area contributed by atoms with Crippen molar-refractivity contribution in [2.45, 2.75) is 32.7 Å². The van der Waals surface area contributed by atoms with E-state index in [2.05, 4.69) is 0 Å². The van der Waals surface area contributed by atoms with Crippen molar-refractivity contribution in [2.24, 2.45) is 0 Å². The molecule has 1 heterocycles. The van der Waals surface area contributed by atoms with Crippen molar-refractivity contribution in [3.05, 3.63) is 52.5 Å². The first kappa shape index (κ1) is 15.3. The van der Waals surface area contributed by atoms with Crippen molar-refractivity contribution >= 4 is 11.7 Å². The van der Waals surface area contributed by atoms with Gasteiger partial charge in [-0.3, -0.25) is 9.59 Å². The van der Waals surface area contributed by atoms with Gasteiger partial charge in [-0.15, -0.1) is 0 Å². The maximum absolute atomic E-state index is 12.6. The van der Waals surface area contributed by atoms with E-state index in [1.165, 1.54) is 4.90 Å². The Morgan fingerprint density at radius 1 is 1.30 bits per heavy atom. The maximum atomic E-state index is 12.6. The summed E-state index contributed by atoms with van der Waals surface area (Å²) in [7, 11) is 1.65. The van der Waals surface area contributed by atoms with Crippen molar-refractivity contribution in [2.75, 3.05) is 7.05 Å². The van der Waals surface area contributed by atoms with Crippen LogP contribution in [0.2, 0.25) is 0 Å². The van der Waals surface area contributed by atoms with Crippen LogP contribution in [-0.2, 0) is 13.0 Å². The molecule has 120 valence electrons. The smallest absolute Gasteiger partial charge is 0.289 e. The summed E-state index contributed by atoms with van der Waals surface area (Å²) in [5, 5.41) is 9.83. The Morgan fingerprint density at radius 2 is 2.04 bits per heavy atom. The lowest BCUT2D eigenvalue weighted by Gasteiger charge is -2.17. The number of rotatable bonds is 3. The van der Waals surface area contributed by atoms with E-state index in [0.717, 1.165) is 6.42 Å². The molecule has 0 unspecified atom stereocenters. The number of fused-ring (bicyclic) bond motifs is 1. The number of furan rings is 1. The number of aromatic hydroxyl groups is 1. The summed E-state index contributed by atoms with van der Waals surface area (Å²) in [6, 6.07) is 6.89. The highest BCUT2D eigenvalue weighted by molar-refractivity contribution is 6.03. The fraction of sp³-hybridized carbons (Fsp3) is 0.333. The lowest BCUT2D eigenvalue weighted by molar-refractivity contribution is 0.0749. The molecule has 2 aromatic rings. The van der Waals surface area contributed by atoms with Crippen LogP contribution in [0.1, 0.15) is 50.6 Å². The fourth-order valence-corrected chi connectivity index (χ4v) is 3.00. The molecule has 1 amide bonds. The van der Waals surface area contributed by atoms with Crippen LogP contribution in [0, 0.1) is 6.92 Å². The summed E-state index contributed by atoms with van der Waals surface area (Å²) < 4.78 is 5.68. The van der Waals surface area contributed by atoms with Gasteiger partial charge in [-0.2, -0.15) is 0 Å². The molecule has 3 rings (SSSR count). The molecule has 1 aromatic heterocycles. The molecular weight excluding hydrogens is 294 g/mol. The van der Waals surface area contributed by atoms with E-state index in [4.69, 9.17) is 4.42 Å². The van der Waals surface area contributed by atoms with Crippen LogP contribution >= 0.6 is 0 Å². The molecule has 5 nitrogen and oxygen atoms in total. The van der Waals surface area contributed by atoms with E-state index in [0.29, 0.717) is 35.3 Å². The van der Waals surface area contributed by atoms with E-state index in [9.17, 15) is 14.7 Å². The molecule has 0 radical (unpaired) electrons. The number of nitrogens with zero attached hydrogens (tertiary/aromatic N) is 1. The molecule has 1 aromatic carbocycles. The second kappa shape index (κ2) is 5.91. The highest BCUT2D eigenvalue weighted by atomic mass is 16.4. The number of para-hydroxylation sites is 1. The fourth-order valence-electron chi connectivity index (χ4n) is 3.00. The minimum atomic E-state index is -0.284. The van der Waals surface area contributed by atoms with E-state index >= 15 is 0 Å². The number of hydrogen-bond donors (Lipinski definition) is 1. The minimum absolute atomic E-state index is 0.0508. The minimum Gasteiger partial charge on any atom is -0.508 e. The molecule has 1 aliphatic carbocycles. The van der Waals surface area contributed by atoms with Gasteiger partial charge in [0, 0.05) is 37.6 Å². The van der Waals surface area contributed by atoms with Gasteiger partial charge in [0.15, 0.2) is 11.5 Å². The van der Waals surface area contributed by atoms with Crippen LogP contribution in [-0.4, -0.2) is 28.7 Å². The predicted molar refractivity (Wildman–Crippen MR) is 84.6 cm³/mol. The average Bonchev–Trinajstić information content (AvgIpc) is 2.87. The molecule has 0 spiro atoms. The van der Waals surface area contributed by atoms with Crippen LogP contribution in [0.4, 0.5) is 0 Å². The first-order valence-corrected chi connectivity index (χ1v) is 7.67. The molecule has 23 heavy (non-hydrogen) atoms. The average molecular weight is 313 g/mol. The molecule has 5 heteroatoms. The number of aryl methyl sites for hydroxylation is 1. The largest absolute Gasteiger partial charge is 0.508 e. The SMILES string of the molecule is Cc1c(C(=O)N(C)Cc2ccccc2O)oc2c1C(=O)CCC2. The van der Waals surface area contributed by atoms with E-state index in [1.54, 1.807) is 32.2 Å². The van der Waals surface area contributed by atoms with Crippen LogP contribution in [0.15, 0.2) is 28.7 Å². The molecular formula is C18H19NO4. The third-order valence-electron chi connectivity index (χ3n) is 4.25. The second-order valence-electron chi connectivity index (χ2n) is 5.92. The lowest BCUT2D eigenvalue weighted by Crippen LogP contribution is -2.26. The number of amides is 1. The molecule has 1 aliphatic rings. The zero-order valence-electron chi connectivity index (χ0n) is 13.3. The van der Waals surface area contributed by atoms with Gasteiger partial charge in [-0.1, -0.05) is 18.2 Å². The number of hydrogen-bond acceptors (Lipinski definition) is 4. The van der Waals surface area contributed by atoms with Crippen molar-refractivity contribution in [3.63, 3.8) is 0 Å². The Kier molecular flexibility index (Phi) is 3.94. The summed E-state index contributed by atoms with van der Waals surface area (Å²) in [5.74, 6) is 0.766. The first-order valence-electron chi connectivity index (χ1n) is 7.67. The summed E-state index contributed by atoms with van der Waals surface area (Å²) in [6.07, 6.45) is 1.97. The Morgan fingerprint density at radius 3 is 2.74 bits per heavy atom. The lowest BCUT2D eigenvalue weighted by atomic mass is 9.94. The number of carbonyl (C=O) groups is 2. The van der Waals surface area contributed by atoms with Crippen LogP contribution in [0.5, 0.6) is 5.75 Å². The standard InChI is InChI=1S/C18H19NO4/c1-11-16-14(21)8-5-9-15(16)23-17(11)18(22)19(2)10-12-6-3-4-7-13(12)20/h3-4,6-7,20H,5,8-10H2,1-2H3. The molecule has 0 fully saturated rings. The van der Waals surface area contributed by atoms with Crippen molar-refractivity contribution in [1.82, 2.24) is 4.90 Å². The van der Waals surface area contributed by atoms with Gasteiger partial charge in [0.25, 0.3) is 5.91 Å². The summed E-state index contributed by atoms with van der Waals surface area (Å²) in [5.41, 5.74) is 1.86. The molecule has 0 saturated carbocycles. The number of phenolic OH excluding ortho intramolecular Hbond substituents is 1. The Balaban J connectivity index is 1.86. The van der Waals surface area contributed by atoms with Gasteiger partial charge in [-0.25, -0.2) is 0 Å². The van der Waals surface area contributed by atoms with Gasteiger partial charge in [0.05, 0.1) is 5.56 Å². The van der Waals surface area contributed by atoms with E-state index in [-0.39, 0.29) is 29.7 Å². The van der Waals surface area contributed by atoms with Gasteiger partial charge in [-0.05, 0) is 19.4 Å². The van der Waals surface area contributed by atoms with E-state index in [1.807, 2.05) is 6.07 Å². The normalized spacial score (nSPS) is 13.7. The van der Waals surface area contributed by atoms with E-state index < -0.39 is 0 Å². The van der Waals surface area contributed by atoms with Crippen LogP contribution in [0.3, 0.4) is 0 Å². The molecule has 0 saturated heterocycles. The van der Waals surface area contributed by atoms with Crippen LogP contribution in [0.25, 0.3) is 0 Å². The first-order chi connectivity index (χ1) is 11.0. The molecule has 1 N–H and O–H groups in total. The van der Waals surface area contributed by atoms with Gasteiger partial charge < -0.3 is 14.4 Å². The Bertz CT molecular complexity index is 775. The topological polar surface area (TPSA) is 70.8 Å². The second-order valence-corrected chi connectivity index (χ2v) is 5.92. The third kappa shape index (κ3) is 2.74. The molecule has 0 atom stereocenters. The van der Waals surface area contributed by atoms with Crippen LogP contribution < -0.4 is 0 Å². The number of benzene rings is 1. The molecule has 0 bridgehead atoms.